The first-order chi connectivity index (χ1) is 9.52. The lowest BCUT2D eigenvalue weighted by atomic mass is 10.1. The minimum atomic E-state index is -0.414. The Kier molecular flexibility index (Phi) is 4.49. The maximum Gasteiger partial charge on any atom is 0.360 e. The minimum Gasteiger partial charge on any atom is -0.461 e. The third kappa shape index (κ3) is 3.04. The zero-order valence-corrected chi connectivity index (χ0v) is 12.9. The van der Waals surface area contributed by atoms with Crippen molar-refractivity contribution < 1.29 is 9.53 Å². The lowest BCUT2D eigenvalue weighted by Crippen LogP contribution is -2.12. The predicted octanol–water partition coefficient (Wildman–Crippen LogP) is 2.39. The summed E-state index contributed by atoms with van der Waals surface area (Å²) in [6.07, 6.45) is 1.83. The fourth-order valence-electron chi connectivity index (χ4n) is 1.98. The molecule has 0 saturated heterocycles. The van der Waals surface area contributed by atoms with Crippen LogP contribution in [0.5, 0.6) is 0 Å². The number of thiazole rings is 1. The Morgan fingerprint density at radius 2 is 2.25 bits per heavy atom. The van der Waals surface area contributed by atoms with Gasteiger partial charge in [0.1, 0.15) is 0 Å². The van der Waals surface area contributed by atoms with Crippen LogP contribution in [-0.4, -0.2) is 32.6 Å². The molecule has 0 aromatic carbocycles. The predicted molar refractivity (Wildman–Crippen MR) is 76.0 cm³/mol. The fraction of sp³-hybridized carbons (Fsp3) is 0.538. The summed E-state index contributed by atoms with van der Waals surface area (Å²) in [5.41, 5.74) is 1.11. The highest BCUT2D eigenvalue weighted by Crippen LogP contribution is 2.21. The molecule has 0 amide bonds. The lowest BCUT2D eigenvalue weighted by Gasteiger charge is -2.09. The summed E-state index contributed by atoms with van der Waals surface area (Å²) in [7, 11) is 0. The van der Waals surface area contributed by atoms with Crippen LogP contribution < -0.4 is 0 Å². The van der Waals surface area contributed by atoms with E-state index in [4.69, 9.17) is 4.74 Å². The first kappa shape index (κ1) is 14.6. The van der Waals surface area contributed by atoms with Crippen LogP contribution in [0.1, 0.15) is 52.8 Å². The zero-order valence-electron chi connectivity index (χ0n) is 12.1. The summed E-state index contributed by atoms with van der Waals surface area (Å²) < 4.78 is 6.78. The van der Waals surface area contributed by atoms with Crippen LogP contribution in [0.15, 0.2) is 6.20 Å². The molecule has 2 aromatic rings. The molecule has 0 aliphatic carbocycles. The average molecular weight is 294 g/mol. The molecule has 108 valence electrons. The molecule has 20 heavy (non-hydrogen) atoms. The second-order valence-electron chi connectivity index (χ2n) is 4.70. The van der Waals surface area contributed by atoms with Gasteiger partial charge in [0.05, 0.1) is 23.9 Å². The summed E-state index contributed by atoms with van der Waals surface area (Å²) in [5, 5.41) is 9.08. The third-order valence-electron chi connectivity index (χ3n) is 2.76. The van der Waals surface area contributed by atoms with Gasteiger partial charge in [-0.3, -0.25) is 0 Å². The van der Waals surface area contributed by atoms with Crippen molar-refractivity contribution in [1.82, 2.24) is 20.0 Å². The largest absolute Gasteiger partial charge is 0.461 e. The smallest absolute Gasteiger partial charge is 0.360 e. The van der Waals surface area contributed by atoms with E-state index >= 15 is 0 Å². The van der Waals surface area contributed by atoms with E-state index in [9.17, 15) is 4.79 Å². The van der Waals surface area contributed by atoms with Gasteiger partial charge >= 0.3 is 5.97 Å². The Labute approximate surface area is 121 Å². The van der Waals surface area contributed by atoms with Crippen LogP contribution in [0.25, 0.3) is 0 Å². The van der Waals surface area contributed by atoms with Gasteiger partial charge in [-0.05, 0) is 19.8 Å². The van der Waals surface area contributed by atoms with Crippen molar-refractivity contribution in [2.75, 3.05) is 6.61 Å². The highest BCUT2D eigenvalue weighted by molar-refractivity contribution is 7.11. The molecule has 0 aliphatic rings. The summed E-state index contributed by atoms with van der Waals surface area (Å²) in [5.74, 6) is -0.277. The van der Waals surface area contributed by atoms with Gasteiger partial charge in [-0.15, -0.1) is 16.4 Å². The van der Waals surface area contributed by atoms with Crippen molar-refractivity contribution in [3.8, 4) is 0 Å². The Bertz CT molecular complexity index is 603. The monoisotopic (exact) mass is 294 g/mol. The number of hydrogen-bond donors (Lipinski definition) is 0. The topological polar surface area (TPSA) is 69.9 Å². The number of carbonyl (C=O) groups excluding carboxylic acids is 1. The van der Waals surface area contributed by atoms with Gasteiger partial charge in [-0.25, -0.2) is 14.5 Å². The molecule has 2 heterocycles. The third-order valence-corrected chi connectivity index (χ3v) is 3.66. The van der Waals surface area contributed by atoms with E-state index in [1.54, 1.807) is 22.9 Å². The van der Waals surface area contributed by atoms with Gasteiger partial charge < -0.3 is 4.74 Å². The van der Waals surface area contributed by atoms with Crippen molar-refractivity contribution in [3.63, 3.8) is 0 Å². The zero-order chi connectivity index (χ0) is 14.7. The molecule has 7 heteroatoms. The van der Waals surface area contributed by atoms with E-state index in [2.05, 4.69) is 15.3 Å². The van der Waals surface area contributed by atoms with Gasteiger partial charge in [0.25, 0.3) is 0 Å². The number of carbonyl (C=O) groups is 1. The molecule has 0 saturated carbocycles. The molecule has 2 rings (SSSR count). The molecule has 0 fully saturated rings. The molecule has 0 spiro atoms. The highest BCUT2D eigenvalue weighted by Gasteiger charge is 2.23. The van der Waals surface area contributed by atoms with E-state index in [1.807, 2.05) is 27.0 Å². The highest BCUT2D eigenvalue weighted by atomic mass is 32.1. The first-order valence-corrected chi connectivity index (χ1v) is 7.36. The van der Waals surface area contributed by atoms with E-state index in [0.29, 0.717) is 18.8 Å². The number of nitrogens with zero attached hydrogens (tertiary/aromatic N) is 4. The van der Waals surface area contributed by atoms with Gasteiger partial charge in [0, 0.05) is 11.1 Å². The van der Waals surface area contributed by atoms with Crippen LogP contribution in [0.3, 0.4) is 0 Å². The molecule has 0 N–H and O–H groups in total. The number of esters is 1. The molecule has 6 nitrogen and oxygen atoms in total. The summed E-state index contributed by atoms with van der Waals surface area (Å²) in [6.45, 7) is 8.66. The van der Waals surface area contributed by atoms with E-state index in [0.717, 1.165) is 15.6 Å². The maximum atomic E-state index is 11.9. The van der Waals surface area contributed by atoms with Crippen molar-refractivity contribution in [2.45, 2.75) is 40.2 Å². The number of ether oxygens (including phenoxy) is 1. The van der Waals surface area contributed by atoms with E-state index in [-0.39, 0.29) is 5.92 Å². The molecular weight excluding hydrogens is 276 g/mol. The quantitative estimate of drug-likeness (QED) is 0.792. The van der Waals surface area contributed by atoms with Crippen molar-refractivity contribution in [3.05, 3.63) is 27.5 Å². The fourth-order valence-corrected chi connectivity index (χ4v) is 2.76. The standard InChI is InChI=1S/C13H18N4O2S/c1-5-19-13(18)11-12(8(2)3)17(16-15-11)7-10-6-14-9(4)20-10/h6,8H,5,7H2,1-4H3. The molecule has 0 unspecified atom stereocenters. The Hall–Kier alpha value is -1.76. The SMILES string of the molecule is CCOC(=O)c1nnn(Cc2cnc(C)s2)c1C(C)C. The van der Waals surface area contributed by atoms with Gasteiger partial charge in [0.2, 0.25) is 0 Å². The lowest BCUT2D eigenvalue weighted by molar-refractivity contribution is 0.0517. The van der Waals surface area contributed by atoms with Crippen LogP contribution in [-0.2, 0) is 11.3 Å². The number of aromatic nitrogens is 4. The number of rotatable bonds is 5. The van der Waals surface area contributed by atoms with Crippen molar-refractivity contribution in [2.24, 2.45) is 0 Å². The van der Waals surface area contributed by atoms with Crippen LogP contribution in [0, 0.1) is 6.92 Å². The first-order valence-electron chi connectivity index (χ1n) is 6.54. The molecule has 0 bridgehead atoms. The Morgan fingerprint density at radius 1 is 1.50 bits per heavy atom. The van der Waals surface area contributed by atoms with E-state index in [1.165, 1.54) is 0 Å². The van der Waals surface area contributed by atoms with Gasteiger partial charge in [-0.2, -0.15) is 0 Å². The molecular formula is C13H18N4O2S. The normalized spacial score (nSPS) is 11.1. The van der Waals surface area contributed by atoms with Gasteiger partial charge in [-0.1, -0.05) is 19.1 Å². The summed E-state index contributed by atoms with van der Waals surface area (Å²) in [6, 6.07) is 0. The average Bonchev–Trinajstić information content (AvgIpc) is 2.96. The molecule has 0 radical (unpaired) electrons. The molecule has 0 aliphatic heterocycles. The van der Waals surface area contributed by atoms with E-state index < -0.39 is 5.97 Å². The number of hydrogen-bond acceptors (Lipinski definition) is 6. The Morgan fingerprint density at radius 3 is 2.80 bits per heavy atom. The summed E-state index contributed by atoms with van der Waals surface area (Å²) >= 11 is 1.62. The summed E-state index contributed by atoms with van der Waals surface area (Å²) in [4.78, 5) is 17.2. The number of aryl methyl sites for hydroxylation is 1. The second kappa shape index (κ2) is 6.13. The van der Waals surface area contributed by atoms with Crippen LogP contribution in [0.2, 0.25) is 0 Å². The van der Waals surface area contributed by atoms with Crippen LogP contribution >= 0.6 is 11.3 Å². The van der Waals surface area contributed by atoms with Gasteiger partial charge in [0.15, 0.2) is 5.69 Å². The van der Waals surface area contributed by atoms with Crippen LogP contribution in [0.4, 0.5) is 0 Å². The van der Waals surface area contributed by atoms with Crippen molar-refractivity contribution >= 4 is 17.3 Å². The minimum absolute atomic E-state index is 0.137. The Balaban J connectivity index is 2.31. The second-order valence-corrected chi connectivity index (χ2v) is 6.02. The maximum absolute atomic E-state index is 11.9. The molecule has 2 aromatic heterocycles. The molecule has 0 atom stereocenters. The van der Waals surface area contributed by atoms with Crippen molar-refractivity contribution in [1.29, 1.82) is 0 Å².